The Kier molecular flexibility index (Phi) is 7.37. The van der Waals surface area contributed by atoms with Crippen LogP contribution in [0.25, 0.3) is 0 Å². The zero-order valence-electron chi connectivity index (χ0n) is 13.9. The van der Waals surface area contributed by atoms with Crippen molar-refractivity contribution in [2.24, 2.45) is 5.73 Å². The molecule has 1 heterocycles. The first kappa shape index (κ1) is 19.0. The first-order valence-electron chi connectivity index (χ1n) is 8.11. The molecule has 1 aromatic carbocycles. The highest BCUT2D eigenvalue weighted by atomic mass is 35.5. The largest absolute Gasteiger partial charge is 0.338 e. The van der Waals surface area contributed by atoms with E-state index in [4.69, 9.17) is 5.73 Å². The van der Waals surface area contributed by atoms with Crippen LogP contribution in [0.3, 0.4) is 0 Å². The molecule has 0 bridgehead atoms. The van der Waals surface area contributed by atoms with E-state index in [-0.39, 0.29) is 36.3 Å². The van der Waals surface area contributed by atoms with Gasteiger partial charge in [0.2, 0.25) is 5.91 Å². The van der Waals surface area contributed by atoms with Crippen LogP contribution in [-0.2, 0) is 4.79 Å². The maximum atomic E-state index is 12.7. The lowest BCUT2D eigenvalue weighted by molar-refractivity contribution is -0.135. The van der Waals surface area contributed by atoms with Crippen molar-refractivity contribution >= 4 is 18.3 Å². The van der Waals surface area contributed by atoms with E-state index < -0.39 is 0 Å². The summed E-state index contributed by atoms with van der Waals surface area (Å²) in [5, 5.41) is 0. The van der Waals surface area contributed by atoms with Gasteiger partial charge in [0.15, 0.2) is 0 Å². The molecule has 124 valence electrons. The number of rotatable bonds is 4. The first-order chi connectivity index (χ1) is 10.0. The van der Waals surface area contributed by atoms with Crippen LogP contribution < -0.4 is 5.73 Å². The maximum absolute atomic E-state index is 12.7. The summed E-state index contributed by atoms with van der Waals surface area (Å²) in [6.07, 6.45) is 3.91. The zero-order valence-corrected chi connectivity index (χ0v) is 14.7. The van der Waals surface area contributed by atoms with Gasteiger partial charge in [0.25, 0.3) is 0 Å². The summed E-state index contributed by atoms with van der Waals surface area (Å²) in [5.74, 6) is 0.516. The van der Waals surface area contributed by atoms with Crippen molar-refractivity contribution in [1.82, 2.24) is 4.90 Å². The Labute approximate surface area is 140 Å². The number of carbonyl (C=O) groups excluding carboxylic acids is 1. The molecule has 22 heavy (non-hydrogen) atoms. The van der Waals surface area contributed by atoms with Gasteiger partial charge in [-0.1, -0.05) is 31.2 Å². The summed E-state index contributed by atoms with van der Waals surface area (Å²) in [4.78, 5) is 14.7. The minimum atomic E-state index is 0. The molecular formula is C18H29ClN2O. The number of amides is 1. The summed E-state index contributed by atoms with van der Waals surface area (Å²) in [5.41, 5.74) is 8.61. The lowest BCUT2D eigenvalue weighted by Crippen LogP contribution is -2.51. The van der Waals surface area contributed by atoms with Crippen molar-refractivity contribution in [3.63, 3.8) is 0 Å². The number of piperidine rings is 1. The quantitative estimate of drug-likeness (QED) is 0.919. The van der Waals surface area contributed by atoms with Crippen molar-refractivity contribution in [3.8, 4) is 0 Å². The molecule has 1 aliphatic heterocycles. The second-order valence-electron chi connectivity index (χ2n) is 6.47. The zero-order chi connectivity index (χ0) is 15.4. The average molecular weight is 325 g/mol. The van der Waals surface area contributed by atoms with Crippen molar-refractivity contribution in [3.05, 3.63) is 35.4 Å². The first-order valence-corrected chi connectivity index (χ1v) is 8.11. The van der Waals surface area contributed by atoms with Crippen LogP contribution in [0.2, 0.25) is 0 Å². The monoisotopic (exact) mass is 324 g/mol. The second-order valence-corrected chi connectivity index (χ2v) is 6.47. The SMILES string of the molecule is Cc1ccccc1C(C)CC(=O)N1CCCCC1C(C)N.Cl. The van der Waals surface area contributed by atoms with E-state index in [0.29, 0.717) is 6.42 Å². The molecule has 1 fully saturated rings. The second kappa shape index (κ2) is 8.54. The Morgan fingerprint density at radius 2 is 2.00 bits per heavy atom. The topological polar surface area (TPSA) is 46.3 Å². The van der Waals surface area contributed by atoms with Crippen LogP contribution in [0.1, 0.15) is 56.6 Å². The maximum Gasteiger partial charge on any atom is 0.223 e. The van der Waals surface area contributed by atoms with Gasteiger partial charge in [-0.2, -0.15) is 0 Å². The third-order valence-electron chi connectivity index (χ3n) is 4.68. The van der Waals surface area contributed by atoms with Gasteiger partial charge in [-0.25, -0.2) is 0 Å². The number of nitrogens with zero attached hydrogens (tertiary/aromatic N) is 1. The predicted octanol–water partition coefficient (Wildman–Crippen LogP) is 3.64. The van der Waals surface area contributed by atoms with E-state index in [0.717, 1.165) is 19.4 Å². The van der Waals surface area contributed by atoms with Gasteiger partial charge >= 0.3 is 0 Å². The third kappa shape index (κ3) is 4.47. The van der Waals surface area contributed by atoms with Crippen molar-refractivity contribution in [2.75, 3.05) is 6.54 Å². The average Bonchev–Trinajstić information content (AvgIpc) is 2.47. The van der Waals surface area contributed by atoms with Crippen LogP contribution in [0.5, 0.6) is 0 Å². The molecule has 0 spiro atoms. The molecule has 0 radical (unpaired) electrons. The number of hydrogen-bond donors (Lipinski definition) is 1. The number of nitrogens with two attached hydrogens (primary N) is 1. The summed E-state index contributed by atoms with van der Waals surface area (Å²) in [6.45, 7) is 7.14. The third-order valence-corrected chi connectivity index (χ3v) is 4.68. The Morgan fingerprint density at radius 1 is 1.32 bits per heavy atom. The Balaban J connectivity index is 0.00000242. The van der Waals surface area contributed by atoms with E-state index in [2.05, 4.69) is 32.0 Å². The molecular weight excluding hydrogens is 296 g/mol. The molecule has 1 saturated heterocycles. The molecule has 0 aliphatic carbocycles. The lowest BCUT2D eigenvalue weighted by Gasteiger charge is -2.38. The van der Waals surface area contributed by atoms with Crippen molar-refractivity contribution < 1.29 is 4.79 Å². The van der Waals surface area contributed by atoms with Crippen LogP contribution >= 0.6 is 12.4 Å². The molecule has 3 unspecified atom stereocenters. The number of halogens is 1. The number of hydrogen-bond acceptors (Lipinski definition) is 2. The summed E-state index contributed by atoms with van der Waals surface area (Å²) in [7, 11) is 0. The lowest BCUT2D eigenvalue weighted by atomic mass is 9.91. The Morgan fingerprint density at radius 3 is 2.64 bits per heavy atom. The van der Waals surface area contributed by atoms with E-state index in [1.54, 1.807) is 0 Å². The van der Waals surface area contributed by atoms with E-state index in [1.165, 1.54) is 17.5 Å². The van der Waals surface area contributed by atoms with Crippen LogP contribution in [0.15, 0.2) is 24.3 Å². The summed E-state index contributed by atoms with van der Waals surface area (Å²) < 4.78 is 0. The number of carbonyl (C=O) groups is 1. The van der Waals surface area contributed by atoms with Gasteiger partial charge in [-0.05, 0) is 50.2 Å². The fourth-order valence-corrected chi connectivity index (χ4v) is 3.44. The fourth-order valence-electron chi connectivity index (χ4n) is 3.44. The van der Waals surface area contributed by atoms with Crippen molar-refractivity contribution in [2.45, 2.75) is 64.5 Å². The van der Waals surface area contributed by atoms with E-state index in [1.807, 2.05) is 17.9 Å². The fraction of sp³-hybridized carbons (Fsp3) is 0.611. The molecule has 4 heteroatoms. The molecule has 1 amide bonds. The van der Waals surface area contributed by atoms with Gasteiger partial charge < -0.3 is 10.6 Å². The van der Waals surface area contributed by atoms with Gasteiger partial charge in [-0.3, -0.25) is 4.79 Å². The molecule has 2 N–H and O–H groups in total. The normalized spacial score (nSPS) is 20.9. The van der Waals surface area contributed by atoms with Gasteiger partial charge in [-0.15, -0.1) is 12.4 Å². The summed E-state index contributed by atoms with van der Waals surface area (Å²) in [6, 6.07) is 8.62. The number of benzene rings is 1. The standard InChI is InChI=1S/C18H28N2O.ClH/c1-13-8-4-5-9-16(13)14(2)12-18(21)20-11-7-6-10-17(20)15(3)19;/h4-5,8-9,14-15,17H,6-7,10-12,19H2,1-3H3;1H. The summed E-state index contributed by atoms with van der Waals surface area (Å²) >= 11 is 0. The van der Waals surface area contributed by atoms with Gasteiger partial charge in [0.05, 0.1) is 0 Å². The highest BCUT2D eigenvalue weighted by Gasteiger charge is 2.29. The van der Waals surface area contributed by atoms with Crippen LogP contribution in [-0.4, -0.2) is 29.4 Å². The molecule has 0 aromatic heterocycles. The predicted molar refractivity (Wildman–Crippen MR) is 94.5 cm³/mol. The minimum Gasteiger partial charge on any atom is -0.338 e. The highest BCUT2D eigenvalue weighted by molar-refractivity contribution is 5.85. The molecule has 2 rings (SSSR count). The van der Waals surface area contributed by atoms with Crippen LogP contribution in [0, 0.1) is 6.92 Å². The van der Waals surface area contributed by atoms with E-state index >= 15 is 0 Å². The number of likely N-dealkylation sites (tertiary alicyclic amines) is 1. The molecule has 0 saturated carbocycles. The van der Waals surface area contributed by atoms with Crippen LogP contribution in [0.4, 0.5) is 0 Å². The Hall–Kier alpha value is -1.06. The van der Waals surface area contributed by atoms with Gasteiger partial charge in [0, 0.05) is 25.0 Å². The molecule has 3 nitrogen and oxygen atoms in total. The minimum absolute atomic E-state index is 0. The van der Waals surface area contributed by atoms with Crippen molar-refractivity contribution in [1.29, 1.82) is 0 Å². The smallest absolute Gasteiger partial charge is 0.223 e. The van der Waals surface area contributed by atoms with Gasteiger partial charge in [0.1, 0.15) is 0 Å². The number of aryl methyl sites for hydroxylation is 1. The highest BCUT2D eigenvalue weighted by Crippen LogP contribution is 2.26. The molecule has 3 atom stereocenters. The van der Waals surface area contributed by atoms with E-state index in [9.17, 15) is 4.79 Å². The molecule has 1 aromatic rings. The molecule has 1 aliphatic rings. The Bertz CT molecular complexity index is 490.